The molecule has 1 aliphatic rings. The first kappa shape index (κ1) is 28.1. The zero-order valence-corrected chi connectivity index (χ0v) is 23.5. The van der Waals surface area contributed by atoms with Crippen molar-refractivity contribution in [1.29, 1.82) is 0 Å². The molecule has 0 aliphatic carbocycles. The minimum Gasteiger partial charge on any atom is -0.323 e. The molecule has 13 heteroatoms. The largest absolute Gasteiger partial charge is 0.323 e. The van der Waals surface area contributed by atoms with Crippen molar-refractivity contribution in [3.63, 3.8) is 0 Å². The van der Waals surface area contributed by atoms with Crippen molar-refractivity contribution < 1.29 is 19.4 Å². The number of fused-ring (bicyclic) bond motifs is 1. The molecule has 5 rings (SSSR count). The summed E-state index contributed by atoms with van der Waals surface area (Å²) in [7, 11) is 0. The summed E-state index contributed by atoms with van der Waals surface area (Å²) in [6.07, 6.45) is 0. The summed E-state index contributed by atoms with van der Waals surface area (Å²) in [5, 5.41) is 32.9. The molecule has 1 N–H and O–H groups in total. The quantitative estimate of drug-likeness (QED) is 0.141. The minimum absolute atomic E-state index is 0.290. The summed E-state index contributed by atoms with van der Waals surface area (Å²) < 4.78 is 0.837. The van der Waals surface area contributed by atoms with Gasteiger partial charge in [0.1, 0.15) is 6.54 Å². The topological polar surface area (TPSA) is 151 Å². The van der Waals surface area contributed by atoms with E-state index in [9.17, 15) is 29.8 Å². The predicted octanol–water partition coefficient (Wildman–Crippen LogP) is 6.43. The monoisotopic (exact) mass is 628 g/mol. The van der Waals surface area contributed by atoms with Gasteiger partial charge in [0.25, 0.3) is 11.6 Å². The molecule has 0 spiro atoms. The Morgan fingerprint density at radius 2 is 1.62 bits per heavy atom. The number of hydrogen-bond donors (Lipinski definition) is 1. The molecule has 4 aromatic rings. The molecular formula is C29H21BrN6O6. The van der Waals surface area contributed by atoms with Crippen LogP contribution in [0.25, 0.3) is 0 Å². The van der Waals surface area contributed by atoms with Crippen molar-refractivity contribution in [2.24, 2.45) is 5.10 Å². The number of amides is 2. The number of rotatable bonds is 7. The summed E-state index contributed by atoms with van der Waals surface area (Å²) in [6, 6.07) is 23.9. The number of hydrogen-bond acceptors (Lipinski definition) is 8. The molecule has 0 fully saturated rings. The van der Waals surface area contributed by atoms with Gasteiger partial charge >= 0.3 is 5.69 Å². The average Bonchev–Trinajstić information content (AvgIpc) is 2.99. The molecule has 42 heavy (non-hydrogen) atoms. The molecule has 0 bridgehead atoms. The first-order valence-electron chi connectivity index (χ1n) is 12.5. The van der Waals surface area contributed by atoms with Gasteiger partial charge in [-0.2, -0.15) is 5.10 Å². The summed E-state index contributed by atoms with van der Waals surface area (Å²) in [5.74, 6) is -1.34. The van der Waals surface area contributed by atoms with E-state index in [1.165, 1.54) is 5.01 Å². The highest BCUT2D eigenvalue weighted by Crippen LogP contribution is 2.42. The van der Waals surface area contributed by atoms with Crippen LogP contribution in [0.3, 0.4) is 0 Å². The second-order valence-corrected chi connectivity index (χ2v) is 10.1. The number of non-ortho nitro benzene ring substituents is 1. The number of nitro groups is 2. The molecule has 0 atom stereocenters. The second kappa shape index (κ2) is 11.6. The van der Waals surface area contributed by atoms with Crippen molar-refractivity contribution in [3.8, 4) is 0 Å². The Kier molecular flexibility index (Phi) is 7.76. The number of anilines is 4. The van der Waals surface area contributed by atoms with E-state index in [0.717, 1.165) is 21.5 Å². The molecule has 1 aliphatic heterocycles. The fourth-order valence-corrected chi connectivity index (χ4v) is 4.76. The lowest BCUT2D eigenvalue weighted by molar-refractivity contribution is -0.393. The third-order valence-electron chi connectivity index (χ3n) is 6.45. The molecule has 12 nitrogen and oxygen atoms in total. The Labute approximate surface area is 247 Å². The van der Waals surface area contributed by atoms with E-state index in [-0.39, 0.29) is 11.3 Å². The summed E-state index contributed by atoms with van der Waals surface area (Å²) in [4.78, 5) is 50.6. The maximum atomic E-state index is 14.2. The van der Waals surface area contributed by atoms with Gasteiger partial charge in [0.15, 0.2) is 5.69 Å². The molecule has 2 amide bonds. The normalized spacial score (nSPS) is 12.8. The predicted molar refractivity (Wildman–Crippen MR) is 161 cm³/mol. The lowest BCUT2D eigenvalue weighted by atomic mass is 10.1. The van der Waals surface area contributed by atoms with Gasteiger partial charge in [-0.15, -0.1) is 0 Å². The van der Waals surface area contributed by atoms with Crippen LogP contribution in [0.15, 0.2) is 101 Å². The van der Waals surface area contributed by atoms with Crippen molar-refractivity contribution in [2.45, 2.75) is 6.92 Å². The Morgan fingerprint density at radius 1 is 0.952 bits per heavy atom. The molecule has 1 heterocycles. The van der Waals surface area contributed by atoms with Gasteiger partial charge in [-0.05, 0) is 48.9 Å². The molecule has 210 valence electrons. The van der Waals surface area contributed by atoms with Crippen LogP contribution < -0.4 is 15.2 Å². The van der Waals surface area contributed by atoms with E-state index < -0.39 is 39.6 Å². The summed E-state index contributed by atoms with van der Waals surface area (Å²) >= 11 is 3.39. The van der Waals surface area contributed by atoms with Crippen LogP contribution in [0.1, 0.15) is 22.8 Å². The molecule has 0 unspecified atom stereocenters. The first-order chi connectivity index (χ1) is 20.1. The van der Waals surface area contributed by atoms with Crippen LogP contribution in [-0.2, 0) is 4.79 Å². The van der Waals surface area contributed by atoms with Crippen LogP contribution >= 0.6 is 15.9 Å². The van der Waals surface area contributed by atoms with E-state index in [1.54, 1.807) is 73.7 Å². The molecule has 0 saturated carbocycles. The number of carbonyl (C=O) groups is 2. The second-order valence-electron chi connectivity index (χ2n) is 9.17. The molecule has 0 aromatic heterocycles. The first-order valence-corrected chi connectivity index (χ1v) is 13.3. The highest BCUT2D eigenvalue weighted by atomic mass is 79.9. The minimum atomic E-state index is -0.850. The number of benzene rings is 4. The van der Waals surface area contributed by atoms with Gasteiger partial charge in [-0.1, -0.05) is 58.4 Å². The number of nitrogens with one attached hydrogen (secondary N) is 1. The smallest absolute Gasteiger partial charge is 0.302 e. The Balaban J connectivity index is 1.79. The maximum Gasteiger partial charge on any atom is 0.302 e. The Hall–Kier alpha value is -5.43. The van der Waals surface area contributed by atoms with Gasteiger partial charge in [-0.3, -0.25) is 34.7 Å². The van der Waals surface area contributed by atoms with Crippen LogP contribution in [0, 0.1) is 20.2 Å². The van der Waals surface area contributed by atoms with Gasteiger partial charge in [-0.25, -0.2) is 5.01 Å². The van der Waals surface area contributed by atoms with Gasteiger partial charge < -0.3 is 5.32 Å². The lowest BCUT2D eigenvalue weighted by Gasteiger charge is -2.30. The van der Waals surface area contributed by atoms with E-state index in [4.69, 9.17) is 5.10 Å². The number of hydrazone groups is 1. The van der Waals surface area contributed by atoms with E-state index >= 15 is 0 Å². The highest BCUT2D eigenvalue weighted by Gasteiger charge is 2.36. The SMILES string of the molecule is CC(=NN(c1ccccc1)c1c(C(=O)N2CC(=O)Nc3ccccc32)cc([N+](=O)[O-])cc1[N+](=O)[O-])c1ccc(Br)cc1. The third kappa shape index (κ3) is 5.58. The number of nitrogens with zero attached hydrogens (tertiary/aromatic N) is 5. The van der Waals surface area contributed by atoms with E-state index in [2.05, 4.69) is 21.2 Å². The fraction of sp³-hybridized carbons (Fsp3) is 0.0690. The zero-order chi connectivity index (χ0) is 30.0. The summed E-state index contributed by atoms with van der Waals surface area (Å²) in [6.45, 7) is 1.29. The van der Waals surface area contributed by atoms with E-state index in [1.807, 2.05) is 12.1 Å². The van der Waals surface area contributed by atoms with Crippen LogP contribution in [0.2, 0.25) is 0 Å². The number of nitro benzene ring substituents is 2. The van der Waals surface area contributed by atoms with Crippen LogP contribution in [0.4, 0.5) is 34.1 Å². The Morgan fingerprint density at radius 3 is 2.29 bits per heavy atom. The average molecular weight is 629 g/mol. The van der Waals surface area contributed by atoms with Crippen LogP contribution in [0.5, 0.6) is 0 Å². The maximum absolute atomic E-state index is 14.2. The molecular weight excluding hydrogens is 608 g/mol. The fourth-order valence-electron chi connectivity index (χ4n) is 4.50. The summed E-state index contributed by atoms with van der Waals surface area (Å²) in [5.41, 5.74) is 0.146. The number of para-hydroxylation sites is 3. The lowest BCUT2D eigenvalue weighted by Crippen LogP contribution is -2.42. The standard InChI is InChI=1S/C29H21BrN6O6/c1-18(19-11-13-20(30)14-12-19)32-34(21-7-3-2-4-8-21)28-23(15-22(35(39)40)16-26(28)36(41)42)29(38)33-17-27(37)31-24-9-5-6-10-25(24)33/h2-16H,17H2,1H3,(H,31,37). The zero-order valence-electron chi connectivity index (χ0n) is 21.9. The van der Waals surface area contributed by atoms with Crippen molar-refractivity contribution in [3.05, 3.63) is 127 Å². The van der Waals surface area contributed by atoms with Crippen molar-refractivity contribution >= 4 is 67.6 Å². The molecule has 0 saturated heterocycles. The van der Waals surface area contributed by atoms with Gasteiger partial charge in [0, 0.05) is 10.5 Å². The third-order valence-corrected chi connectivity index (χ3v) is 6.98. The van der Waals surface area contributed by atoms with Gasteiger partial charge in [0.2, 0.25) is 5.91 Å². The number of halogens is 1. The Bertz CT molecular complexity index is 1760. The van der Waals surface area contributed by atoms with Crippen molar-refractivity contribution in [2.75, 3.05) is 21.8 Å². The van der Waals surface area contributed by atoms with Crippen molar-refractivity contribution in [1.82, 2.24) is 0 Å². The number of carbonyl (C=O) groups excluding carboxylic acids is 2. The van der Waals surface area contributed by atoms with E-state index in [0.29, 0.717) is 28.3 Å². The van der Waals surface area contributed by atoms with Crippen LogP contribution in [-0.4, -0.2) is 33.9 Å². The molecule has 0 radical (unpaired) electrons. The highest BCUT2D eigenvalue weighted by molar-refractivity contribution is 9.10. The molecule has 4 aromatic carbocycles. The van der Waals surface area contributed by atoms with Gasteiger partial charge in [0.05, 0.1) is 44.3 Å².